The predicted octanol–water partition coefficient (Wildman–Crippen LogP) is 4.22. The minimum Gasteiger partial charge on any atom is -0.468 e. The van der Waals surface area contributed by atoms with Crippen LogP contribution in [-0.2, 0) is 23.9 Å². The Morgan fingerprint density at radius 2 is 2.03 bits per heavy atom. The second-order valence-electron chi connectivity index (χ2n) is 9.59. The smallest absolute Gasteiger partial charge is 0.321 e. The molecule has 0 radical (unpaired) electrons. The molecule has 4 aliphatic rings. The molecule has 0 aromatic rings. The molecular formula is C24H31Br2NO5. The van der Waals surface area contributed by atoms with Crippen molar-refractivity contribution in [1.29, 1.82) is 0 Å². The number of halogens is 2. The van der Waals surface area contributed by atoms with Gasteiger partial charge in [0.05, 0.1) is 13.2 Å². The molecule has 4 rings (SSSR count). The molecule has 1 aliphatic heterocycles. The monoisotopic (exact) mass is 571 g/mol. The van der Waals surface area contributed by atoms with Crippen LogP contribution in [0.25, 0.3) is 0 Å². The van der Waals surface area contributed by atoms with Crippen LogP contribution in [0.3, 0.4) is 0 Å². The summed E-state index contributed by atoms with van der Waals surface area (Å²) in [6, 6.07) is 0. The maximum atomic E-state index is 13.8. The van der Waals surface area contributed by atoms with Gasteiger partial charge in [0.2, 0.25) is 5.91 Å². The summed E-state index contributed by atoms with van der Waals surface area (Å²) < 4.78 is 12.0. The number of carbonyl (C=O) groups excluding carboxylic acids is 3. The Balaban J connectivity index is 1.83. The number of ketones is 1. The number of alkyl halides is 1. The molecule has 32 heavy (non-hydrogen) atoms. The van der Waals surface area contributed by atoms with Gasteiger partial charge in [0, 0.05) is 53.3 Å². The number of esters is 1. The molecule has 3 fully saturated rings. The first-order valence-electron chi connectivity index (χ1n) is 11.3. The lowest BCUT2D eigenvalue weighted by Crippen LogP contribution is -2.58. The molecule has 1 amide bonds. The summed E-state index contributed by atoms with van der Waals surface area (Å²) in [5, 5.41) is 0. The van der Waals surface area contributed by atoms with Gasteiger partial charge in [0.1, 0.15) is 5.78 Å². The summed E-state index contributed by atoms with van der Waals surface area (Å²) in [6.07, 6.45) is 4.26. The molecule has 2 bridgehead atoms. The van der Waals surface area contributed by atoms with E-state index in [-0.39, 0.29) is 53.2 Å². The quantitative estimate of drug-likeness (QED) is 0.218. The average molecular weight is 573 g/mol. The van der Waals surface area contributed by atoms with Gasteiger partial charge in [-0.3, -0.25) is 14.4 Å². The topological polar surface area (TPSA) is 72.9 Å². The van der Waals surface area contributed by atoms with E-state index in [0.717, 1.165) is 22.9 Å². The van der Waals surface area contributed by atoms with Crippen LogP contribution in [0.1, 0.15) is 39.0 Å². The van der Waals surface area contributed by atoms with E-state index < -0.39 is 23.2 Å². The highest BCUT2D eigenvalue weighted by Crippen LogP contribution is 2.60. The van der Waals surface area contributed by atoms with E-state index in [1.54, 1.807) is 18.2 Å². The summed E-state index contributed by atoms with van der Waals surface area (Å²) in [7, 11) is 3.05. The fraction of sp³-hybridized carbons (Fsp3) is 0.708. The zero-order chi connectivity index (χ0) is 23.4. The first-order valence-corrected chi connectivity index (χ1v) is 13.0. The standard InChI is InChI=1S/C24H31Br2NO5/c1-5-27-11-13(25)9-16-19(18(28)6-7-24(16,22(27)29)23(30)32-4)15-10-14-12(2)8-17(26)20(15)21(14)31-3/h11,14-17,19-21H,2,5-10H2,1,3-4H3/t14-,15+,16+,17+,19-,20+,21+,24+/m1/s1. The Morgan fingerprint density at radius 1 is 1.31 bits per heavy atom. The molecular weight excluding hydrogens is 542 g/mol. The summed E-state index contributed by atoms with van der Waals surface area (Å²) in [6.45, 7) is 6.62. The lowest BCUT2D eigenvalue weighted by atomic mass is 9.55. The second-order valence-corrected chi connectivity index (χ2v) is 11.8. The summed E-state index contributed by atoms with van der Waals surface area (Å²) in [5.74, 6) is -1.18. The van der Waals surface area contributed by atoms with Crippen LogP contribution in [0.4, 0.5) is 0 Å². The lowest BCUT2D eigenvalue weighted by Gasteiger charge is -2.47. The maximum absolute atomic E-state index is 13.8. The van der Waals surface area contributed by atoms with Crippen molar-refractivity contribution in [3.05, 3.63) is 22.8 Å². The first-order chi connectivity index (χ1) is 15.2. The number of fused-ring (bicyclic) bond motifs is 3. The van der Waals surface area contributed by atoms with Gasteiger partial charge in [0.25, 0.3) is 0 Å². The molecule has 8 heteroatoms. The van der Waals surface area contributed by atoms with Gasteiger partial charge in [-0.1, -0.05) is 44.0 Å². The second kappa shape index (κ2) is 8.99. The fourth-order valence-electron chi connectivity index (χ4n) is 7.03. The number of nitrogens with zero attached hydrogens (tertiary/aromatic N) is 1. The van der Waals surface area contributed by atoms with E-state index in [1.807, 2.05) is 6.92 Å². The zero-order valence-electron chi connectivity index (χ0n) is 18.8. The lowest BCUT2D eigenvalue weighted by molar-refractivity contribution is -0.174. The van der Waals surface area contributed by atoms with Crippen LogP contribution >= 0.6 is 31.9 Å². The third-order valence-corrected chi connectivity index (χ3v) is 9.84. The highest BCUT2D eigenvalue weighted by atomic mass is 79.9. The Labute approximate surface area is 206 Å². The number of carbonyl (C=O) groups is 3. The molecule has 0 N–H and O–H groups in total. The predicted molar refractivity (Wildman–Crippen MR) is 127 cm³/mol. The van der Waals surface area contributed by atoms with Crippen molar-refractivity contribution >= 4 is 49.5 Å². The number of Topliss-reactive ketones (excluding diaryl/α,β-unsaturated/α-hetero) is 1. The van der Waals surface area contributed by atoms with E-state index in [9.17, 15) is 14.4 Å². The van der Waals surface area contributed by atoms with E-state index in [0.29, 0.717) is 13.0 Å². The third kappa shape index (κ3) is 3.47. The fourth-order valence-corrected chi connectivity index (χ4v) is 8.73. The van der Waals surface area contributed by atoms with E-state index in [4.69, 9.17) is 9.47 Å². The average Bonchev–Trinajstić information content (AvgIpc) is 3.04. The maximum Gasteiger partial charge on any atom is 0.321 e. The number of methoxy groups -OCH3 is 2. The van der Waals surface area contributed by atoms with E-state index in [2.05, 4.69) is 38.4 Å². The van der Waals surface area contributed by atoms with Crippen LogP contribution < -0.4 is 0 Å². The number of allylic oxidation sites excluding steroid dienone is 1. The molecule has 8 atom stereocenters. The molecule has 176 valence electrons. The third-order valence-electron chi connectivity index (χ3n) is 8.38. The number of hydrogen-bond donors (Lipinski definition) is 0. The van der Waals surface area contributed by atoms with Crippen LogP contribution in [0, 0.1) is 35.0 Å². The van der Waals surface area contributed by atoms with Crippen LogP contribution in [0.5, 0.6) is 0 Å². The van der Waals surface area contributed by atoms with Crippen LogP contribution in [-0.4, -0.2) is 54.3 Å². The van der Waals surface area contributed by atoms with Crippen molar-refractivity contribution in [2.45, 2.75) is 50.0 Å². The highest BCUT2D eigenvalue weighted by molar-refractivity contribution is 9.11. The van der Waals surface area contributed by atoms with Crippen LogP contribution in [0.15, 0.2) is 22.8 Å². The summed E-state index contributed by atoms with van der Waals surface area (Å²) in [5.41, 5.74) is -0.205. The van der Waals surface area contributed by atoms with Gasteiger partial charge < -0.3 is 14.4 Å². The largest absolute Gasteiger partial charge is 0.468 e. The summed E-state index contributed by atoms with van der Waals surface area (Å²) >= 11 is 7.47. The molecule has 0 unspecified atom stereocenters. The van der Waals surface area contributed by atoms with Crippen LogP contribution in [0.2, 0.25) is 0 Å². The Morgan fingerprint density at radius 3 is 2.66 bits per heavy atom. The van der Waals surface area contributed by atoms with Gasteiger partial charge in [-0.25, -0.2) is 0 Å². The van der Waals surface area contributed by atoms with Crippen molar-refractivity contribution in [2.24, 2.45) is 35.0 Å². The molecule has 3 saturated carbocycles. The molecule has 0 aromatic carbocycles. The number of ether oxygens (including phenoxy) is 2. The Hall–Kier alpha value is -0.990. The van der Waals surface area contributed by atoms with E-state index >= 15 is 0 Å². The highest BCUT2D eigenvalue weighted by Gasteiger charge is 2.65. The number of amides is 1. The number of rotatable bonds is 4. The molecule has 1 heterocycles. The Bertz CT molecular complexity index is 872. The molecule has 0 aromatic heterocycles. The molecule has 6 nitrogen and oxygen atoms in total. The van der Waals surface area contributed by atoms with Crippen molar-refractivity contribution in [2.75, 3.05) is 20.8 Å². The van der Waals surface area contributed by atoms with Gasteiger partial charge in [-0.15, -0.1) is 0 Å². The SMILES string of the molecule is C=C1C[C@H](Br)[C@@H]2[C@H]([C@H]3C(=O)CC[C@@]4(C(=O)OC)C(=O)N(CC)C=C(Br)C[C@@H]34)C[C@H]1[C@@H]2OC. The number of hydrogen-bond acceptors (Lipinski definition) is 5. The minimum atomic E-state index is -1.35. The molecule has 3 aliphatic carbocycles. The van der Waals surface area contributed by atoms with Crippen molar-refractivity contribution in [3.63, 3.8) is 0 Å². The van der Waals surface area contributed by atoms with Gasteiger partial charge in [0.15, 0.2) is 5.41 Å². The first kappa shape index (κ1) is 24.1. The van der Waals surface area contributed by atoms with Gasteiger partial charge in [-0.2, -0.15) is 0 Å². The van der Waals surface area contributed by atoms with Crippen molar-refractivity contribution in [3.8, 4) is 0 Å². The molecule has 0 spiro atoms. The van der Waals surface area contributed by atoms with Crippen molar-refractivity contribution < 1.29 is 23.9 Å². The minimum absolute atomic E-state index is 0.0108. The van der Waals surface area contributed by atoms with Crippen molar-refractivity contribution in [1.82, 2.24) is 4.90 Å². The summed E-state index contributed by atoms with van der Waals surface area (Å²) in [4.78, 5) is 42.4. The van der Waals surface area contributed by atoms with Gasteiger partial charge >= 0.3 is 5.97 Å². The molecule has 0 saturated heterocycles. The van der Waals surface area contributed by atoms with E-state index in [1.165, 1.54) is 7.11 Å². The normalized spacial score (nSPS) is 41.8. The Kier molecular flexibility index (Phi) is 6.78. The zero-order valence-corrected chi connectivity index (χ0v) is 22.0. The van der Waals surface area contributed by atoms with Gasteiger partial charge in [-0.05, 0) is 44.4 Å².